The minimum absolute atomic E-state index is 0.136. The lowest BCUT2D eigenvalue weighted by Gasteiger charge is -2.36. The predicted molar refractivity (Wildman–Crippen MR) is 64.4 cm³/mol. The molecule has 3 heteroatoms. The van der Waals surface area contributed by atoms with E-state index in [1.54, 1.807) is 0 Å². The summed E-state index contributed by atoms with van der Waals surface area (Å²) in [5.41, 5.74) is 1.19. The Labute approximate surface area is 95.8 Å². The Morgan fingerprint density at radius 1 is 1.38 bits per heavy atom. The number of hydrogen-bond acceptors (Lipinski definition) is 2. The number of morpholine rings is 1. The van der Waals surface area contributed by atoms with Gasteiger partial charge in [0, 0.05) is 7.05 Å². The zero-order valence-corrected chi connectivity index (χ0v) is 9.60. The second kappa shape index (κ2) is 4.39. The molecule has 0 radical (unpaired) electrons. The quantitative estimate of drug-likeness (QED) is 0.783. The van der Waals surface area contributed by atoms with Gasteiger partial charge in [-0.2, -0.15) is 0 Å². The number of allylic oxidation sites excluding steroid dienone is 1. The lowest BCUT2D eigenvalue weighted by atomic mass is 10.0. The summed E-state index contributed by atoms with van der Waals surface area (Å²) in [4.78, 5) is 1.95. The summed E-state index contributed by atoms with van der Waals surface area (Å²) in [6.45, 7) is 2.49. The van der Waals surface area contributed by atoms with Crippen LogP contribution in [-0.2, 0) is 4.74 Å². The molecule has 1 atom stereocenters. The van der Waals surface area contributed by atoms with Crippen LogP contribution >= 0.6 is 0 Å². The van der Waals surface area contributed by atoms with E-state index in [0.29, 0.717) is 18.2 Å². The Balaban J connectivity index is 2.24. The average Bonchev–Trinajstić information content (AvgIpc) is 2.34. The molecule has 16 heavy (non-hydrogen) atoms. The normalized spacial score (nSPS) is 23.4. The predicted octanol–water partition coefficient (Wildman–Crippen LogP) is 2.57. The smallest absolute Gasteiger partial charge is 0.163 e. The van der Waals surface area contributed by atoms with Gasteiger partial charge in [0.05, 0.1) is 6.04 Å². The zero-order chi connectivity index (χ0) is 11.5. The van der Waals surface area contributed by atoms with Crippen LogP contribution in [0.4, 0.5) is 0 Å². The molecule has 1 saturated heterocycles. The summed E-state index contributed by atoms with van der Waals surface area (Å²) >= 11 is 0. The molecule has 84 valence electrons. The fraction of sp³-hybridized carbons (Fsp3) is 0.308. The van der Waals surface area contributed by atoms with E-state index in [1.165, 1.54) is 5.56 Å². The van der Waals surface area contributed by atoms with Crippen molar-refractivity contribution >= 4 is 5.84 Å². The van der Waals surface area contributed by atoms with E-state index < -0.39 is 0 Å². The largest absolute Gasteiger partial charge is 0.488 e. The zero-order valence-electron chi connectivity index (χ0n) is 9.60. The highest BCUT2D eigenvalue weighted by molar-refractivity contribution is 5.94. The van der Waals surface area contributed by atoms with Crippen molar-refractivity contribution in [2.24, 2.45) is 0 Å². The third-order valence-corrected chi connectivity index (χ3v) is 2.90. The van der Waals surface area contributed by atoms with Gasteiger partial charge >= 0.3 is 0 Å². The highest BCUT2D eigenvalue weighted by atomic mass is 16.5. The highest BCUT2D eigenvalue weighted by Gasteiger charge is 2.27. The molecule has 1 heterocycles. The van der Waals surface area contributed by atoms with Crippen molar-refractivity contribution in [3.05, 3.63) is 47.7 Å². The number of nitrogens with zero attached hydrogens (tertiary/aromatic N) is 1. The fourth-order valence-electron chi connectivity index (χ4n) is 1.89. The maximum absolute atomic E-state index is 7.96. The molecule has 0 amide bonds. The third-order valence-electron chi connectivity index (χ3n) is 2.90. The van der Waals surface area contributed by atoms with Gasteiger partial charge in [0.2, 0.25) is 0 Å². The van der Waals surface area contributed by atoms with Gasteiger partial charge in [-0.3, -0.25) is 5.41 Å². The number of benzene rings is 1. The molecule has 1 aliphatic heterocycles. The Hall–Kier alpha value is -1.77. The molecule has 0 saturated carbocycles. The molecular weight excluding hydrogens is 200 g/mol. The van der Waals surface area contributed by atoms with Crippen molar-refractivity contribution in [3.8, 4) is 0 Å². The van der Waals surface area contributed by atoms with Gasteiger partial charge in [-0.05, 0) is 18.6 Å². The molecule has 0 bridgehead atoms. The Morgan fingerprint density at radius 3 is 2.69 bits per heavy atom. The Bertz CT molecular complexity index is 411. The van der Waals surface area contributed by atoms with Crippen LogP contribution in [0.1, 0.15) is 18.5 Å². The second-order valence-corrected chi connectivity index (χ2v) is 3.85. The molecule has 1 aliphatic rings. The summed E-state index contributed by atoms with van der Waals surface area (Å²) < 4.78 is 5.57. The number of rotatable bonds is 1. The van der Waals surface area contributed by atoms with Gasteiger partial charge in [0.25, 0.3) is 0 Å². The number of nitrogens with one attached hydrogen (secondary N) is 1. The van der Waals surface area contributed by atoms with E-state index in [-0.39, 0.29) is 6.04 Å². The van der Waals surface area contributed by atoms with Crippen LogP contribution in [0.2, 0.25) is 0 Å². The summed E-state index contributed by atoms with van der Waals surface area (Å²) in [7, 11) is 1.94. The van der Waals surface area contributed by atoms with Crippen LogP contribution in [-0.4, -0.2) is 24.4 Å². The molecule has 2 rings (SSSR count). The molecule has 1 aromatic carbocycles. The van der Waals surface area contributed by atoms with Crippen LogP contribution in [0.3, 0.4) is 0 Å². The van der Waals surface area contributed by atoms with Crippen molar-refractivity contribution in [1.82, 2.24) is 4.90 Å². The summed E-state index contributed by atoms with van der Waals surface area (Å²) in [5, 5.41) is 7.96. The van der Waals surface area contributed by atoms with Gasteiger partial charge in [-0.15, -0.1) is 0 Å². The van der Waals surface area contributed by atoms with E-state index in [0.717, 1.165) is 0 Å². The lowest BCUT2D eigenvalue weighted by Crippen LogP contribution is -2.39. The minimum atomic E-state index is 0.136. The number of ether oxygens (including phenoxy) is 1. The number of hydrogen-bond donors (Lipinski definition) is 1. The Morgan fingerprint density at radius 2 is 2.06 bits per heavy atom. The average molecular weight is 216 g/mol. The van der Waals surface area contributed by atoms with Crippen LogP contribution in [0.15, 0.2) is 42.2 Å². The SMILES string of the molecule is CC=C1OCC(c2ccccc2)N(C)C1=N. The van der Waals surface area contributed by atoms with Crippen molar-refractivity contribution in [1.29, 1.82) is 5.41 Å². The van der Waals surface area contributed by atoms with Crippen molar-refractivity contribution in [3.63, 3.8) is 0 Å². The molecule has 1 unspecified atom stereocenters. The molecular formula is C13H16N2O. The minimum Gasteiger partial charge on any atom is -0.488 e. The van der Waals surface area contributed by atoms with Crippen LogP contribution in [0, 0.1) is 5.41 Å². The molecule has 1 fully saturated rings. The van der Waals surface area contributed by atoms with Crippen LogP contribution in [0.25, 0.3) is 0 Å². The van der Waals surface area contributed by atoms with Gasteiger partial charge < -0.3 is 9.64 Å². The molecule has 1 aromatic rings. The first kappa shape index (κ1) is 10.7. The van der Waals surface area contributed by atoms with Crippen molar-refractivity contribution in [2.45, 2.75) is 13.0 Å². The van der Waals surface area contributed by atoms with E-state index in [2.05, 4.69) is 12.1 Å². The topological polar surface area (TPSA) is 36.3 Å². The first-order valence-electron chi connectivity index (χ1n) is 5.40. The first-order chi connectivity index (χ1) is 7.74. The van der Waals surface area contributed by atoms with Crippen molar-refractivity contribution in [2.75, 3.05) is 13.7 Å². The summed E-state index contributed by atoms with van der Waals surface area (Å²) in [6.07, 6.45) is 1.83. The maximum Gasteiger partial charge on any atom is 0.163 e. The highest BCUT2D eigenvalue weighted by Crippen LogP contribution is 2.26. The summed E-state index contributed by atoms with van der Waals surface area (Å²) in [6, 6.07) is 10.3. The monoisotopic (exact) mass is 216 g/mol. The van der Waals surface area contributed by atoms with Gasteiger partial charge in [-0.25, -0.2) is 0 Å². The second-order valence-electron chi connectivity index (χ2n) is 3.85. The van der Waals surface area contributed by atoms with E-state index in [1.807, 2.05) is 43.1 Å². The van der Waals surface area contributed by atoms with Crippen LogP contribution < -0.4 is 0 Å². The molecule has 3 nitrogen and oxygen atoms in total. The van der Waals surface area contributed by atoms with E-state index >= 15 is 0 Å². The van der Waals surface area contributed by atoms with E-state index in [9.17, 15) is 0 Å². The lowest BCUT2D eigenvalue weighted by molar-refractivity contribution is 0.126. The van der Waals surface area contributed by atoms with Crippen molar-refractivity contribution < 1.29 is 4.74 Å². The Kier molecular flexibility index (Phi) is 2.95. The molecule has 0 spiro atoms. The molecule has 0 aliphatic carbocycles. The standard InChI is InChI=1S/C13H16N2O/c1-3-12-13(14)15(2)11(9-16-12)10-7-5-4-6-8-10/h3-8,11,14H,9H2,1-2H3. The molecule has 1 N–H and O–H groups in total. The number of amidine groups is 1. The number of likely N-dealkylation sites (N-methyl/N-ethyl adjacent to an activating group) is 1. The van der Waals surface area contributed by atoms with Gasteiger partial charge in [0.1, 0.15) is 6.61 Å². The third kappa shape index (κ3) is 1.81. The summed E-state index contributed by atoms with van der Waals surface area (Å²) in [5.74, 6) is 1.11. The fourth-order valence-corrected chi connectivity index (χ4v) is 1.89. The van der Waals surface area contributed by atoms with E-state index in [4.69, 9.17) is 10.1 Å². The molecule has 0 aromatic heterocycles. The van der Waals surface area contributed by atoms with Gasteiger partial charge in [0.15, 0.2) is 11.6 Å². The first-order valence-corrected chi connectivity index (χ1v) is 5.40. The van der Waals surface area contributed by atoms with Gasteiger partial charge in [-0.1, -0.05) is 30.3 Å². The van der Waals surface area contributed by atoms with Crippen LogP contribution in [0.5, 0.6) is 0 Å². The maximum atomic E-state index is 7.96.